The largest absolute Gasteiger partial charge is 0.379 e. The van der Waals surface area contributed by atoms with E-state index >= 15 is 0 Å². The number of amides is 1. The van der Waals surface area contributed by atoms with E-state index in [4.69, 9.17) is 4.74 Å². The molecule has 9 heteroatoms. The molecule has 0 saturated carbocycles. The van der Waals surface area contributed by atoms with Crippen molar-refractivity contribution in [2.45, 2.75) is 38.4 Å². The Morgan fingerprint density at radius 2 is 1.96 bits per heavy atom. The molecule has 1 aromatic heterocycles. The maximum Gasteiger partial charge on any atom is 0.224 e. The molecule has 2 fully saturated rings. The van der Waals surface area contributed by atoms with E-state index in [0.29, 0.717) is 19.5 Å². The fourth-order valence-electron chi connectivity index (χ4n) is 3.91. The molecule has 8 nitrogen and oxygen atoms in total. The van der Waals surface area contributed by atoms with Crippen LogP contribution in [0.2, 0.25) is 0 Å². The number of carbonyl (C=O) groups excluding carboxylic acids is 1. The number of likely N-dealkylation sites (tertiary alicyclic amines) is 1. The third-order valence-corrected chi connectivity index (χ3v) is 5.44. The Morgan fingerprint density at radius 3 is 2.75 bits per heavy atom. The maximum atomic E-state index is 13.2. The number of hydrogen-bond acceptors (Lipinski definition) is 6. The number of morpholine rings is 1. The van der Waals surface area contributed by atoms with Crippen molar-refractivity contribution in [1.82, 2.24) is 30.0 Å². The fraction of sp³-hybridized carbons (Fsp3) is 0.579. The number of halogens is 1. The van der Waals surface area contributed by atoms with Crippen LogP contribution in [0.1, 0.15) is 36.7 Å². The van der Waals surface area contributed by atoms with Gasteiger partial charge in [-0.2, -0.15) is 0 Å². The minimum absolute atomic E-state index is 0.0230. The number of tetrazole rings is 1. The molecule has 0 N–H and O–H groups in total. The number of aryl methyl sites for hydroxylation is 1. The van der Waals surface area contributed by atoms with Gasteiger partial charge < -0.3 is 9.64 Å². The van der Waals surface area contributed by atoms with Gasteiger partial charge in [-0.25, -0.2) is 9.07 Å². The molecule has 0 radical (unpaired) electrons. The van der Waals surface area contributed by atoms with E-state index in [1.807, 2.05) is 4.90 Å². The predicted octanol–water partition coefficient (Wildman–Crippen LogP) is 1.40. The topological polar surface area (TPSA) is 76.4 Å². The Hall–Kier alpha value is -2.39. The van der Waals surface area contributed by atoms with Crippen LogP contribution in [0, 0.1) is 5.82 Å². The third-order valence-electron chi connectivity index (χ3n) is 5.44. The lowest BCUT2D eigenvalue weighted by Crippen LogP contribution is -2.36. The molecular formula is C19H25FN6O2. The van der Waals surface area contributed by atoms with E-state index in [0.717, 1.165) is 57.1 Å². The summed E-state index contributed by atoms with van der Waals surface area (Å²) in [6.07, 6.45) is 2.21. The average molecular weight is 388 g/mol. The molecule has 2 aromatic rings. The molecule has 0 unspecified atom stereocenters. The Morgan fingerprint density at radius 1 is 1.18 bits per heavy atom. The van der Waals surface area contributed by atoms with Gasteiger partial charge in [0.25, 0.3) is 0 Å². The first-order chi connectivity index (χ1) is 13.7. The van der Waals surface area contributed by atoms with Crippen LogP contribution >= 0.6 is 0 Å². The predicted molar refractivity (Wildman–Crippen MR) is 98.6 cm³/mol. The van der Waals surface area contributed by atoms with Gasteiger partial charge in [-0.05, 0) is 41.0 Å². The van der Waals surface area contributed by atoms with Crippen molar-refractivity contribution in [2.75, 3.05) is 32.8 Å². The molecule has 2 aliphatic rings. The fourth-order valence-corrected chi connectivity index (χ4v) is 3.91. The van der Waals surface area contributed by atoms with Crippen LogP contribution in [0.3, 0.4) is 0 Å². The number of aromatic nitrogens is 4. The molecule has 2 saturated heterocycles. The number of rotatable bonds is 6. The summed E-state index contributed by atoms with van der Waals surface area (Å²) in [7, 11) is 0. The summed E-state index contributed by atoms with van der Waals surface area (Å²) >= 11 is 0. The highest BCUT2D eigenvalue weighted by Gasteiger charge is 2.29. The highest BCUT2D eigenvalue weighted by molar-refractivity contribution is 5.77. The molecule has 0 spiro atoms. The van der Waals surface area contributed by atoms with Crippen LogP contribution in [0.4, 0.5) is 4.39 Å². The van der Waals surface area contributed by atoms with E-state index in [2.05, 4.69) is 20.4 Å². The molecule has 1 atom stereocenters. The summed E-state index contributed by atoms with van der Waals surface area (Å²) in [5.41, 5.74) is 0.989. The monoisotopic (exact) mass is 388 g/mol. The molecule has 0 aliphatic carbocycles. The first-order valence-corrected chi connectivity index (χ1v) is 9.81. The number of carbonyl (C=O) groups is 1. The highest BCUT2D eigenvalue weighted by Crippen LogP contribution is 2.32. The smallest absolute Gasteiger partial charge is 0.224 e. The van der Waals surface area contributed by atoms with Gasteiger partial charge >= 0.3 is 0 Å². The van der Waals surface area contributed by atoms with Gasteiger partial charge in [0.1, 0.15) is 5.82 Å². The van der Waals surface area contributed by atoms with Crippen molar-refractivity contribution >= 4 is 5.91 Å². The second kappa shape index (κ2) is 8.74. The molecule has 4 rings (SSSR count). The Labute approximate surface area is 163 Å². The normalized spacial score (nSPS) is 20.6. The Kier molecular flexibility index (Phi) is 5.92. The molecule has 0 bridgehead atoms. The first-order valence-electron chi connectivity index (χ1n) is 9.81. The van der Waals surface area contributed by atoms with Crippen LogP contribution in [-0.2, 0) is 22.6 Å². The number of nitrogens with zero attached hydrogens (tertiary/aromatic N) is 6. The summed E-state index contributed by atoms with van der Waals surface area (Å²) < 4.78 is 20.3. The second-order valence-corrected chi connectivity index (χ2v) is 7.25. The van der Waals surface area contributed by atoms with Crippen LogP contribution in [0.15, 0.2) is 24.3 Å². The van der Waals surface area contributed by atoms with Crippen molar-refractivity contribution in [3.05, 3.63) is 41.5 Å². The van der Waals surface area contributed by atoms with Crippen LogP contribution in [0.25, 0.3) is 0 Å². The SMILES string of the molecule is O=C(CCn1nnnc1CN1CCOCC1)N1CCC[C@@H]1c1ccc(F)cc1. The van der Waals surface area contributed by atoms with Gasteiger partial charge in [0.05, 0.1) is 32.3 Å². The van der Waals surface area contributed by atoms with Gasteiger partial charge in [0, 0.05) is 26.1 Å². The molecule has 1 aromatic carbocycles. The highest BCUT2D eigenvalue weighted by atomic mass is 19.1. The van der Waals surface area contributed by atoms with Crippen LogP contribution < -0.4 is 0 Å². The van der Waals surface area contributed by atoms with Gasteiger partial charge in [-0.1, -0.05) is 12.1 Å². The van der Waals surface area contributed by atoms with Gasteiger partial charge in [0.15, 0.2) is 5.82 Å². The van der Waals surface area contributed by atoms with Crippen molar-refractivity contribution < 1.29 is 13.9 Å². The van der Waals surface area contributed by atoms with E-state index < -0.39 is 0 Å². The van der Waals surface area contributed by atoms with Crippen molar-refractivity contribution in [3.8, 4) is 0 Å². The zero-order valence-electron chi connectivity index (χ0n) is 15.8. The zero-order chi connectivity index (χ0) is 19.3. The lowest BCUT2D eigenvalue weighted by molar-refractivity contribution is -0.132. The molecular weight excluding hydrogens is 363 g/mol. The van der Waals surface area contributed by atoms with Crippen molar-refractivity contribution in [1.29, 1.82) is 0 Å². The summed E-state index contributed by atoms with van der Waals surface area (Å²) in [6.45, 7) is 5.01. The van der Waals surface area contributed by atoms with Gasteiger partial charge in [0.2, 0.25) is 5.91 Å². The standard InChI is InChI=1S/C19H25FN6O2/c20-16-5-3-15(4-6-16)17-2-1-8-25(17)19(27)7-9-26-18(21-22-23-26)14-24-10-12-28-13-11-24/h3-6,17H,1-2,7-14H2/t17-/m1/s1. The molecule has 150 valence electrons. The van der Waals surface area contributed by atoms with Crippen LogP contribution in [-0.4, -0.2) is 68.8 Å². The Bertz CT molecular complexity index is 790. The third kappa shape index (κ3) is 4.36. The maximum absolute atomic E-state index is 13.2. The summed E-state index contributed by atoms with van der Waals surface area (Å²) in [5.74, 6) is 0.594. The van der Waals surface area contributed by atoms with Gasteiger partial charge in [-0.3, -0.25) is 9.69 Å². The van der Waals surface area contributed by atoms with E-state index in [-0.39, 0.29) is 17.8 Å². The lowest BCUT2D eigenvalue weighted by Gasteiger charge is -2.26. The van der Waals surface area contributed by atoms with E-state index in [1.54, 1.807) is 16.8 Å². The minimum atomic E-state index is -0.258. The molecule has 2 aliphatic heterocycles. The van der Waals surface area contributed by atoms with E-state index in [9.17, 15) is 9.18 Å². The zero-order valence-corrected chi connectivity index (χ0v) is 15.8. The quantitative estimate of drug-likeness (QED) is 0.745. The second-order valence-electron chi connectivity index (χ2n) is 7.25. The Balaban J connectivity index is 1.35. The van der Waals surface area contributed by atoms with E-state index in [1.165, 1.54) is 12.1 Å². The minimum Gasteiger partial charge on any atom is -0.379 e. The summed E-state index contributed by atoms with van der Waals surface area (Å²) in [4.78, 5) is 17.0. The first kappa shape index (κ1) is 18.9. The molecule has 3 heterocycles. The summed E-state index contributed by atoms with van der Waals surface area (Å²) in [5, 5.41) is 11.9. The number of benzene rings is 1. The van der Waals surface area contributed by atoms with Crippen LogP contribution in [0.5, 0.6) is 0 Å². The lowest BCUT2D eigenvalue weighted by atomic mass is 10.0. The van der Waals surface area contributed by atoms with Crippen molar-refractivity contribution in [2.24, 2.45) is 0 Å². The van der Waals surface area contributed by atoms with Gasteiger partial charge in [-0.15, -0.1) is 5.10 Å². The molecule has 28 heavy (non-hydrogen) atoms. The summed E-state index contributed by atoms with van der Waals surface area (Å²) in [6, 6.07) is 6.47. The molecule has 1 amide bonds. The average Bonchev–Trinajstić information content (AvgIpc) is 3.37. The number of ether oxygens (including phenoxy) is 1. The van der Waals surface area contributed by atoms with Crippen molar-refractivity contribution in [3.63, 3.8) is 0 Å². The number of hydrogen-bond donors (Lipinski definition) is 0.